The van der Waals surface area contributed by atoms with E-state index in [1.807, 2.05) is 0 Å². The van der Waals surface area contributed by atoms with Crippen LogP contribution in [0.2, 0.25) is 0 Å². The van der Waals surface area contributed by atoms with Crippen LogP contribution in [0.5, 0.6) is 0 Å². The fraction of sp³-hybridized carbons (Fsp3) is 0.667. The Morgan fingerprint density at radius 1 is 1.64 bits per heavy atom. The van der Waals surface area contributed by atoms with Crippen molar-refractivity contribution < 1.29 is 4.79 Å². The van der Waals surface area contributed by atoms with E-state index < -0.39 is 4.33 Å². The lowest BCUT2D eigenvalue weighted by molar-refractivity contribution is -0.130. The highest BCUT2D eigenvalue weighted by Crippen LogP contribution is 2.30. The van der Waals surface area contributed by atoms with Crippen molar-refractivity contribution in [1.82, 2.24) is 5.01 Å². The third-order valence-corrected chi connectivity index (χ3v) is 2.38. The second kappa shape index (κ2) is 2.64. The summed E-state index contributed by atoms with van der Waals surface area (Å²) in [6.07, 6.45) is 0.0992. The topological polar surface area (TPSA) is 32.7 Å². The maximum atomic E-state index is 11.0. The van der Waals surface area contributed by atoms with Gasteiger partial charge in [0.1, 0.15) is 0 Å². The first-order chi connectivity index (χ1) is 4.93. The molecule has 5 heteroatoms. The number of hydrogen-bond donors (Lipinski definition) is 0. The van der Waals surface area contributed by atoms with Crippen LogP contribution in [-0.4, -0.2) is 28.0 Å². The van der Waals surface area contributed by atoms with Crippen LogP contribution in [-0.2, 0) is 4.79 Å². The Bertz CT molecular complexity index is 225. The van der Waals surface area contributed by atoms with Crippen molar-refractivity contribution in [2.45, 2.75) is 17.7 Å². The second-order valence-electron chi connectivity index (χ2n) is 2.48. The molecule has 0 aromatic heterocycles. The smallest absolute Gasteiger partial charge is 0.245 e. The van der Waals surface area contributed by atoms with Crippen molar-refractivity contribution >= 4 is 34.8 Å². The Balaban J connectivity index is 2.95. The van der Waals surface area contributed by atoms with Gasteiger partial charge in [0.05, 0.1) is 12.1 Å². The normalized spacial score (nSPS) is 23.5. The van der Waals surface area contributed by atoms with Crippen LogP contribution in [0.15, 0.2) is 5.10 Å². The molecule has 1 rings (SSSR count). The minimum Gasteiger partial charge on any atom is -0.273 e. The van der Waals surface area contributed by atoms with Gasteiger partial charge in [0, 0.05) is 7.05 Å². The van der Waals surface area contributed by atoms with Gasteiger partial charge < -0.3 is 0 Å². The highest BCUT2D eigenvalue weighted by atomic mass is 35.5. The van der Waals surface area contributed by atoms with Crippen LogP contribution < -0.4 is 0 Å². The van der Waals surface area contributed by atoms with Gasteiger partial charge >= 0.3 is 0 Å². The molecule has 0 aliphatic carbocycles. The van der Waals surface area contributed by atoms with Crippen LogP contribution in [0.25, 0.3) is 0 Å². The molecule has 1 aliphatic rings. The summed E-state index contributed by atoms with van der Waals surface area (Å²) in [5, 5.41) is 5.10. The summed E-state index contributed by atoms with van der Waals surface area (Å²) in [6.45, 7) is 1.70. The first kappa shape index (κ1) is 8.81. The molecular weight excluding hydrogens is 187 g/mol. The third-order valence-electron chi connectivity index (χ3n) is 1.56. The van der Waals surface area contributed by atoms with E-state index in [0.29, 0.717) is 5.71 Å². The predicted octanol–water partition coefficient (Wildman–Crippen LogP) is 1.40. The molecule has 0 saturated heterocycles. The SMILES string of the molecule is CC1=NN(C)C(=O)CC1(Cl)Cl. The van der Waals surface area contributed by atoms with Crippen LogP contribution in [0.4, 0.5) is 0 Å². The number of hydrogen-bond acceptors (Lipinski definition) is 2. The Morgan fingerprint density at radius 3 is 2.64 bits per heavy atom. The average molecular weight is 195 g/mol. The fourth-order valence-electron chi connectivity index (χ4n) is 0.786. The van der Waals surface area contributed by atoms with Gasteiger partial charge in [-0.25, -0.2) is 5.01 Å². The maximum Gasteiger partial charge on any atom is 0.245 e. The molecule has 0 saturated carbocycles. The lowest BCUT2D eigenvalue weighted by Gasteiger charge is -2.27. The van der Waals surface area contributed by atoms with Crippen molar-refractivity contribution in [3.8, 4) is 0 Å². The molecule has 0 unspecified atom stereocenters. The predicted molar refractivity (Wildman–Crippen MR) is 44.9 cm³/mol. The van der Waals surface area contributed by atoms with Gasteiger partial charge in [0.15, 0.2) is 4.33 Å². The largest absolute Gasteiger partial charge is 0.273 e. The summed E-state index contributed by atoms with van der Waals surface area (Å²) >= 11 is 11.5. The zero-order valence-electron chi connectivity index (χ0n) is 6.27. The molecule has 11 heavy (non-hydrogen) atoms. The number of hydrazone groups is 1. The van der Waals surface area contributed by atoms with Crippen LogP contribution in [0.1, 0.15) is 13.3 Å². The molecule has 3 nitrogen and oxygen atoms in total. The standard InChI is InChI=1S/C6H8Cl2N2O/c1-4-6(7,8)3-5(11)10(2)9-4/h3H2,1-2H3. The summed E-state index contributed by atoms with van der Waals surface area (Å²) in [5.41, 5.74) is 0.558. The summed E-state index contributed by atoms with van der Waals surface area (Å²) in [4.78, 5) is 11.0. The van der Waals surface area contributed by atoms with Gasteiger partial charge in [-0.1, -0.05) is 23.2 Å². The molecular formula is C6H8Cl2N2O. The van der Waals surface area contributed by atoms with Crippen molar-refractivity contribution in [2.75, 3.05) is 7.05 Å². The molecule has 0 atom stereocenters. The highest BCUT2D eigenvalue weighted by molar-refractivity contribution is 6.59. The minimum absolute atomic E-state index is 0.0992. The number of alkyl halides is 2. The van der Waals surface area contributed by atoms with Gasteiger partial charge in [-0.2, -0.15) is 5.10 Å². The van der Waals surface area contributed by atoms with Crippen molar-refractivity contribution in [2.24, 2.45) is 5.10 Å². The average Bonchev–Trinajstić information content (AvgIpc) is 1.83. The van der Waals surface area contributed by atoms with Crippen LogP contribution >= 0.6 is 23.2 Å². The number of carbonyl (C=O) groups excluding carboxylic acids is 1. The molecule has 1 aliphatic heterocycles. The van der Waals surface area contributed by atoms with Crippen molar-refractivity contribution in [3.05, 3.63) is 0 Å². The first-order valence-electron chi connectivity index (χ1n) is 3.13. The summed E-state index contributed by atoms with van der Waals surface area (Å²) in [5.74, 6) is -0.166. The molecule has 1 amide bonds. The second-order valence-corrected chi connectivity index (χ2v) is 3.97. The third kappa shape index (κ3) is 1.65. The molecule has 0 aromatic carbocycles. The van der Waals surface area contributed by atoms with Gasteiger partial charge in [0.2, 0.25) is 5.91 Å². The van der Waals surface area contributed by atoms with E-state index in [2.05, 4.69) is 5.10 Å². The van der Waals surface area contributed by atoms with Crippen LogP contribution in [0.3, 0.4) is 0 Å². The number of carbonyl (C=O) groups is 1. The maximum absolute atomic E-state index is 11.0. The van der Waals surface area contributed by atoms with Gasteiger partial charge in [0.25, 0.3) is 0 Å². The van der Waals surface area contributed by atoms with Crippen LogP contribution in [0, 0.1) is 0 Å². The van der Waals surface area contributed by atoms with Gasteiger partial charge in [-0.15, -0.1) is 0 Å². The van der Waals surface area contributed by atoms with E-state index in [1.54, 1.807) is 14.0 Å². The number of rotatable bonds is 0. The molecule has 0 aromatic rings. The molecule has 1 heterocycles. The fourth-order valence-corrected chi connectivity index (χ4v) is 1.09. The Labute approximate surface area is 75.0 Å². The monoisotopic (exact) mass is 194 g/mol. The van der Waals surface area contributed by atoms with Gasteiger partial charge in [-0.05, 0) is 6.92 Å². The summed E-state index contributed by atoms with van der Waals surface area (Å²) in [7, 11) is 1.58. The zero-order valence-corrected chi connectivity index (χ0v) is 7.78. The van der Waals surface area contributed by atoms with E-state index in [9.17, 15) is 4.79 Å². The quantitative estimate of drug-likeness (QED) is 0.537. The Morgan fingerprint density at radius 2 is 2.18 bits per heavy atom. The number of nitrogens with zero attached hydrogens (tertiary/aromatic N) is 2. The van der Waals surface area contributed by atoms with E-state index >= 15 is 0 Å². The summed E-state index contributed by atoms with van der Waals surface area (Å²) in [6, 6.07) is 0. The highest BCUT2D eigenvalue weighted by Gasteiger charge is 2.36. The molecule has 0 radical (unpaired) electrons. The first-order valence-corrected chi connectivity index (χ1v) is 3.89. The minimum atomic E-state index is -1.11. The molecule has 0 fully saturated rings. The number of amides is 1. The van der Waals surface area contributed by atoms with Gasteiger partial charge in [-0.3, -0.25) is 4.79 Å². The molecule has 0 spiro atoms. The molecule has 62 valence electrons. The number of halogens is 2. The van der Waals surface area contributed by atoms with Crippen molar-refractivity contribution in [3.63, 3.8) is 0 Å². The Hall–Kier alpha value is -0.280. The lowest BCUT2D eigenvalue weighted by atomic mass is 10.2. The van der Waals surface area contributed by atoms with E-state index in [4.69, 9.17) is 23.2 Å². The Kier molecular flexibility index (Phi) is 2.12. The lowest BCUT2D eigenvalue weighted by Crippen LogP contribution is -2.39. The van der Waals surface area contributed by atoms with E-state index in [0.717, 1.165) is 0 Å². The van der Waals surface area contributed by atoms with E-state index in [1.165, 1.54) is 5.01 Å². The van der Waals surface area contributed by atoms with Crippen molar-refractivity contribution in [1.29, 1.82) is 0 Å². The molecule has 0 N–H and O–H groups in total. The van der Waals surface area contributed by atoms with E-state index in [-0.39, 0.29) is 12.3 Å². The summed E-state index contributed by atoms with van der Waals surface area (Å²) < 4.78 is -1.11. The molecule has 0 bridgehead atoms. The zero-order chi connectivity index (χ0) is 8.65.